The van der Waals surface area contributed by atoms with Crippen LogP contribution in [0.3, 0.4) is 0 Å². The number of benzene rings is 1. The number of nitrogens with one attached hydrogen (secondary N) is 1. The van der Waals surface area contributed by atoms with Crippen LogP contribution in [0.25, 0.3) is 0 Å². The van der Waals surface area contributed by atoms with Gasteiger partial charge < -0.3 is 16.2 Å². The number of imide groups is 1. The van der Waals surface area contributed by atoms with Crippen LogP contribution in [-0.2, 0) is 9.59 Å². The van der Waals surface area contributed by atoms with Crippen molar-refractivity contribution in [3.05, 3.63) is 29.8 Å². The van der Waals surface area contributed by atoms with Crippen LogP contribution in [0, 0.1) is 0 Å². The lowest BCUT2D eigenvalue weighted by atomic mass is 10.1. The summed E-state index contributed by atoms with van der Waals surface area (Å²) in [5, 5.41) is 11.0. The van der Waals surface area contributed by atoms with Crippen molar-refractivity contribution in [3.8, 4) is 0 Å². The Morgan fingerprint density at radius 2 is 1.86 bits per heavy atom. The molecule has 4 N–H and O–H groups in total. The van der Waals surface area contributed by atoms with Crippen LogP contribution < -0.4 is 16.0 Å². The van der Waals surface area contributed by atoms with Crippen LogP contribution in [0.4, 0.5) is 10.5 Å². The summed E-state index contributed by atoms with van der Waals surface area (Å²) in [7, 11) is 0. The molecule has 2 rings (SSSR count). The van der Waals surface area contributed by atoms with E-state index in [1.54, 1.807) is 0 Å². The van der Waals surface area contributed by atoms with E-state index in [0.29, 0.717) is 5.69 Å². The predicted molar refractivity (Wildman–Crippen MR) is 71.6 cm³/mol. The topological polar surface area (TPSA) is 130 Å². The molecule has 0 bridgehead atoms. The van der Waals surface area contributed by atoms with Gasteiger partial charge in [-0.25, -0.2) is 9.69 Å². The zero-order valence-electron chi connectivity index (χ0n) is 10.9. The molecule has 1 atom stereocenters. The number of nitrogens with zero attached hydrogens (tertiary/aromatic N) is 1. The standard InChI is InChI=1S/C13H13N3O5/c14-11(19)7-1-3-8(4-2-7)16-12(20)9(15-13(16)21)5-6-10(17)18/h1-4,9H,5-6H2,(H2,14,19)(H,15,21)(H,17,18)/t9-/m0/s1. The molecular weight excluding hydrogens is 278 g/mol. The summed E-state index contributed by atoms with van der Waals surface area (Å²) in [5.74, 6) is -2.17. The number of anilines is 1. The third-order valence-corrected chi connectivity index (χ3v) is 3.08. The molecule has 110 valence electrons. The summed E-state index contributed by atoms with van der Waals surface area (Å²) in [6.07, 6.45) is -0.194. The number of carbonyl (C=O) groups excluding carboxylic acids is 3. The number of carbonyl (C=O) groups is 4. The third kappa shape index (κ3) is 2.99. The maximum atomic E-state index is 12.1. The fraction of sp³-hybridized carbons (Fsp3) is 0.231. The number of urea groups is 1. The van der Waals surface area contributed by atoms with Crippen molar-refractivity contribution < 1.29 is 24.3 Å². The number of primary amides is 1. The summed E-state index contributed by atoms with van der Waals surface area (Å²) in [6.45, 7) is 0. The van der Waals surface area contributed by atoms with Gasteiger partial charge in [0.2, 0.25) is 5.91 Å². The van der Waals surface area contributed by atoms with E-state index in [4.69, 9.17) is 10.8 Å². The smallest absolute Gasteiger partial charge is 0.329 e. The number of aliphatic carboxylic acids is 1. The maximum Gasteiger partial charge on any atom is 0.329 e. The van der Waals surface area contributed by atoms with Gasteiger partial charge in [0, 0.05) is 12.0 Å². The van der Waals surface area contributed by atoms with Gasteiger partial charge in [0.05, 0.1) is 5.69 Å². The van der Waals surface area contributed by atoms with Gasteiger partial charge in [0.15, 0.2) is 0 Å². The second-order valence-electron chi connectivity index (χ2n) is 4.52. The molecule has 21 heavy (non-hydrogen) atoms. The van der Waals surface area contributed by atoms with Crippen molar-refractivity contribution in [1.82, 2.24) is 5.32 Å². The second-order valence-corrected chi connectivity index (χ2v) is 4.52. The lowest BCUT2D eigenvalue weighted by molar-refractivity contribution is -0.137. The van der Waals surface area contributed by atoms with Gasteiger partial charge in [0.25, 0.3) is 5.91 Å². The Hall–Kier alpha value is -2.90. The minimum Gasteiger partial charge on any atom is -0.481 e. The average molecular weight is 291 g/mol. The van der Waals surface area contributed by atoms with Crippen LogP contribution in [0.15, 0.2) is 24.3 Å². The highest BCUT2D eigenvalue weighted by Crippen LogP contribution is 2.21. The number of carboxylic acids is 1. The summed E-state index contributed by atoms with van der Waals surface area (Å²) in [4.78, 5) is 46.3. The number of hydrogen-bond acceptors (Lipinski definition) is 4. The Morgan fingerprint density at radius 3 is 2.38 bits per heavy atom. The van der Waals surface area contributed by atoms with Gasteiger partial charge in [-0.1, -0.05) is 0 Å². The molecule has 1 fully saturated rings. The highest BCUT2D eigenvalue weighted by molar-refractivity contribution is 6.21. The molecule has 1 aliphatic rings. The minimum atomic E-state index is -1.04. The van der Waals surface area contributed by atoms with E-state index in [0.717, 1.165) is 4.90 Å². The van der Waals surface area contributed by atoms with E-state index >= 15 is 0 Å². The van der Waals surface area contributed by atoms with E-state index in [1.807, 2.05) is 0 Å². The summed E-state index contributed by atoms with van der Waals surface area (Å²) < 4.78 is 0. The molecule has 1 aliphatic heterocycles. The monoisotopic (exact) mass is 291 g/mol. The molecular formula is C13H13N3O5. The Bertz CT molecular complexity index is 611. The van der Waals surface area contributed by atoms with Crippen molar-refractivity contribution in [2.75, 3.05) is 4.90 Å². The summed E-state index contributed by atoms with van der Waals surface area (Å²) in [5.41, 5.74) is 5.66. The van der Waals surface area contributed by atoms with Crippen molar-refractivity contribution in [1.29, 1.82) is 0 Å². The fourth-order valence-electron chi connectivity index (χ4n) is 2.01. The fourth-order valence-corrected chi connectivity index (χ4v) is 2.01. The van der Waals surface area contributed by atoms with E-state index in [1.165, 1.54) is 24.3 Å². The summed E-state index contributed by atoms with van der Waals surface area (Å²) in [6, 6.07) is 4.19. The molecule has 8 heteroatoms. The lowest BCUT2D eigenvalue weighted by Crippen LogP contribution is -2.31. The van der Waals surface area contributed by atoms with Crippen molar-refractivity contribution in [2.24, 2.45) is 5.73 Å². The first-order chi connectivity index (χ1) is 9.90. The van der Waals surface area contributed by atoms with Crippen molar-refractivity contribution in [2.45, 2.75) is 18.9 Å². The molecule has 0 aromatic heterocycles. The van der Waals surface area contributed by atoms with Crippen LogP contribution in [0.2, 0.25) is 0 Å². The molecule has 0 unspecified atom stereocenters. The molecule has 0 radical (unpaired) electrons. The minimum absolute atomic E-state index is 0.0236. The highest BCUT2D eigenvalue weighted by Gasteiger charge is 2.38. The third-order valence-electron chi connectivity index (χ3n) is 3.08. The van der Waals surface area contributed by atoms with E-state index < -0.39 is 29.9 Å². The molecule has 0 aliphatic carbocycles. The molecule has 1 aromatic rings. The zero-order chi connectivity index (χ0) is 15.6. The Morgan fingerprint density at radius 1 is 1.24 bits per heavy atom. The van der Waals surface area contributed by atoms with Crippen LogP contribution >= 0.6 is 0 Å². The Kier molecular flexibility index (Phi) is 3.88. The first kappa shape index (κ1) is 14.5. The Labute approximate surface area is 119 Å². The first-order valence-electron chi connectivity index (χ1n) is 6.16. The maximum absolute atomic E-state index is 12.1. The average Bonchev–Trinajstić information content (AvgIpc) is 2.71. The van der Waals surface area contributed by atoms with Gasteiger partial charge in [-0.05, 0) is 30.7 Å². The quantitative estimate of drug-likeness (QED) is 0.661. The number of rotatable bonds is 5. The molecule has 1 saturated heterocycles. The SMILES string of the molecule is NC(=O)c1ccc(N2C(=O)N[C@@H](CCC(=O)O)C2=O)cc1. The summed E-state index contributed by atoms with van der Waals surface area (Å²) >= 11 is 0. The van der Waals surface area contributed by atoms with Crippen molar-refractivity contribution in [3.63, 3.8) is 0 Å². The van der Waals surface area contributed by atoms with E-state index in [9.17, 15) is 19.2 Å². The van der Waals surface area contributed by atoms with Crippen LogP contribution in [-0.4, -0.2) is 35.0 Å². The van der Waals surface area contributed by atoms with Gasteiger partial charge in [0.1, 0.15) is 6.04 Å². The largest absolute Gasteiger partial charge is 0.481 e. The Balaban J connectivity index is 2.16. The molecule has 1 heterocycles. The van der Waals surface area contributed by atoms with E-state index in [-0.39, 0.29) is 18.4 Å². The van der Waals surface area contributed by atoms with Crippen LogP contribution in [0.5, 0.6) is 0 Å². The second kappa shape index (κ2) is 5.61. The molecule has 0 spiro atoms. The van der Waals surface area contributed by atoms with E-state index in [2.05, 4.69) is 5.32 Å². The normalized spacial score (nSPS) is 17.7. The molecule has 8 nitrogen and oxygen atoms in total. The highest BCUT2D eigenvalue weighted by atomic mass is 16.4. The zero-order valence-corrected chi connectivity index (χ0v) is 10.9. The number of carboxylic acid groups (broad SMARTS) is 1. The van der Waals surface area contributed by atoms with Gasteiger partial charge in [-0.15, -0.1) is 0 Å². The number of nitrogens with two attached hydrogens (primary N) is 1. The number of hydrogen-bond donors (Lipinski definition) is 3. The molecule has 4 amide bonds. The lowest BCUT2D eigenvalue weighted by Gasteiger charge is -2.13. The van der Waals surface area contributed by atoms with Crippen LogP contribution in [0.1, 0.15) is 23.2 Å². The molecule has 0 saturated carbocycles. The van der Waals surface area contributed by atoms with Gasteiger partial charge >= 0.3 is 12.0 Å². The van der Waals surface area contributed by atoms with Gasteiger partial charge in [-0.2, -0.15) is 0 Å². The molecule has 1 aromatic carbocycles. The number of amides is 4. The van der Waals surface area contributed by atoms with Gasteiger partial charge in [-0.3, -0.25) is 14.4 Å². The van der Waals surface area contributed by atoms with Crippen molar-refractivity contribution >= 4 is 29.5 Å². The predicted octanol–water partition coefficient (Wildman–Crippen LogP) is 0.0751. The first-order valence-corrected chi connectivity index (χ1v) is 6.16.